The molecular formula is C5H7NO3. The van der Waals surface area contributed by atoms with Crippen molar-refractivity contribution in [3.8, 4) is 0 Å². The predicted molar refractivity (Wildman–Crippen MR) is 30.6 cm³/mol. The molecule has 0 saturated heterocycles. The average molecular weight is 129 g/mol. The molecule has 0 aliphatic rings. The second kappa shape index (κ2) is 4.83. The van der Waals surface area contributed by atoms with Crippen LogP contribution in [0.4, 0.5) is 0 Å². The van der Waals surface area contributed by atoms with E-state index in [2.05, 4.69) is 5.32 Å². The minimum absolute atomic E-state index is 0.0686. The van der Waals surface area contributed by atoms with E-state index in [1.54, 1.807) is 0 Å². The lowest BCUT2D eigenvalue weighted by molar-refractivity contribution is -0.136. The zero-order valence-electron chi connectivity index (χ0n) is 4.70. The van der Waals surface area contributed by atoms with Gasteiger partial charge in [0.1, 0.15) is 0 Å². The number of carbonyl (C=O) groups is 2. The Bertz CT molecular complexity index is 130. The standard InChI is InChI=1S/C5H7NO3/c7-4-6-3-1-2-5(8)9/h1,3-4H,2H2,(H,6,7)(H,8,9)/b3-1-. The number of rotatable bonds is 4. The van der Waals surface area contributed by atoms with Gasteiger partial charge in [-0.15, -0.1) is 0 Å². The summed E-state index contributed by atoms with van der Waals surface area (Å²) in [4.78, 5) is 19.3. The molecule has 0 atom stereocenters. The molecule has 9 heavy (non-hydrogen) atoms. The maximum Gasteiger partial charge on any atom is 0.307 e. The molecule has 4 nitrogen and oxygen atoms in total. The number of carbonyl (C=O) groups excluding carboxylic acids is 1. The van der Waals surface area contributed by atoms with Crippen LogP contribution in [0.15, 0.2) is 12.3 Å². The Morgan fingerprint density at radius 3 is 2.78 bits per heavy atom. The predicted octanol–water partition coefficient (Wildman–Crippen LogP) is -0.279. The van der Waals surface area contributed by atoms with E-state index in [-0.39, 0.29) is 6.42 Å². The summed E-state index contributed by atoms with van der Waals surface area (Å²) in [5.74, 6) is -0.918. The largest absolute Gasteiger partial charge is 0.481 e. The van der Waals surface area contributed by atoms with Gasteiger partial charge in [0.2, 0.25) is 6.41 Å². The maximum absolute atomic E-state index is 9.80. The molecule has 50 valence electrons. The monoisotopic (exact) mass is 129 g/mol. The van der Waals surface area contributed by atoms with E-state index in [1.165, 1.54) is 12.3 Å². The van der Waals surface area contributed by atoms with E-state index >= 15 is 0 Å². The summed E-state index contributed by atoms with van der Waals surface area (Å²) in [6.07, 6.45) is 3.02. The Morgan fingerprint density at radius 1 is 1.67 bits per heavy atom. The first kappa shape index (κ1) is 7.68. The van der Waals surface area contributed by atoms with Gasteiger partial charge in [-0.1, -0.05) is 6.08 Å². The lowest BCUT2D eigenvalue weighted by Crippen LogP contribution is -1.99. The fraction of sp³-hybridized carbons (Fsp3) is 0.200. The second-order valence-corrected chi connectivity index (χ2v) is 1.28. The summed E-state index contributed by atoms with van der Waals surface area (Å²) in [5.41, 5.74) is 0. The number of hydrogen-bond acceptors (Lipinski definition) is 2. The van der Waals surface area contributed by atoms with Gasteiger partial charge in [0, 0.05) is 6.20 Å². The van der Waals surface area contributed by atoms with Crippen LogP contribution >= 0.6 is 0 Å². The van der Waals surface area contributed by atoms with E-state index in [0.717, 1.165) is 0 Å². The molecule has 0 spiro atoms. The summed E-state index contributed by atoms with van der Waals surface area (Å²) >= 11 is 0. The van der Waals surface area contributed by atoms with Crippen LogP contribution in [0.25, 0.3) is 0 Å². The number of amides is 1. The molecule has 1 amide bonds. The van der Waals surface area contributed by atoms with Crippen molar-refractivity contribution in [3.05, 3.63) is 12.3 Å². The quantitative estimate of drug-likeness (QED) is 0.513. The van der Waals surface area contributed by atoms with E-state index in [4.69, 9.17) is 5.11 Å². The van der Waals surface area contributed by atoms with Gasteiger partial charge < -0.3 is 10.4 Å². The third-order valence-electron chi connectivity index (χ3n) is 0.575. The first-order chi connectivity index (χ1) is 4.27. The molecule has 0 aromatic carbocycles. The van der Waals surface area contributed by atoms with Crippen molar-refractivity contribution in [1.82, 2.24) is 5.32 Å². The van der Waals surface area contributed by atoms with E-state index in [9.17, 15) is 9.59 Å². The minimum Gasteiger partial charge on any atom is -0.481 e. The van der Waals surface area contributed by atoms with Gasteiger partial charge in [0.05, 0.1) is 6.42 Å². The lowest BCUT2D eigenvalue weighted by Gasteiger charge is -1.82. The number of carboxylic acid groups (broad SMARTS) is 1. The van der Waals surface area contributed by atoms with Crippen molar-refractivity contribution in [2.75, 3.05) is 0 Å². The zero-order valence-corrected chi connectivity index (χ0v) is 4.70. The third-order valence-corrected chi connectivity index (χ3v) is 0.575. The van der Waals surface area contributed by atoms with Crippen molar-refractivity contribution in [2.45, 2.75) is 6.42 Å². The molecular weight excluding hydrogens is 122 g/mol. The van der Waals surface area contributed by atoms with E-state index in [0.29, 0.717) is 6.41 Å². The molecule has 0 aromatic rings. The second-order valence-electron chi connectivity index (χ2n) is 1.28. The summed E-state index contributed by atoms with van der Waals surface area (Å²) in [6, 6.07) is 0. The Morgan fingerprint density at radius 2 is 2.33 bits per heavy atom. The first-order valence-corrected chi connectivity index (χ1v) is 2.34. The number of carboxylic acids is 1. The fourth-order valence-corrected chi connectivity index (χ4v) is 0.267. The Balaban J connectivity index is 3.24. The van der Waals surface area contributed by atoms with Crippen molar-refractivity contribution in [2.24, 2.45) is 0 Å². The van der Waals surface area contributed by atoms with Gasteiger partial charge in [0.15, 0.2) is 0 Å². The van der Waals surface area contributed by atoms with Crippen LogP contribution < -0.4 is 5.32 Å². The molecule has 0 aliphatic carbocycles. The highest BCUT2D eigenvalue weighted by atomic mass is 16.4. The van der Waals surface area contributed by atoms with Gasteiger partial charge in [0.25, 0.3) is 0 Å². The van der Waals surface area contributed by atoms with Gasteiger partial charge in [-0.2, -0.15) is 0 Å². The van der Waals surface area contributed by atoms with Crippen molar-refractivity contribution >= 4 is 12.4 Å². The summed E-state index contributed by atoms with van der Waals surface area (Å²) in [7, 11) is 0. The maximum atomic E-state index is 9.80. The van der Waals surface area contributed by atoms with E-state index < -0.39 is 5.97 Å². The van der Waals surface area contributed by atoms with Crippen LogP contribution in [-0.4, -0.2) is 17.5 Å². The summed E-state index contributed by atoms with van der Waals surface area (Å²) in [5, 5.41) is 10.2. The van der Waals surface area contributed by atoms with Crippen LogP contribution in [0, 0.1) is 0 Å². The van der Waals surface area contributed by atoms with Crippen molar-refractivity contribution < 1.29 is 14.7 Å². The molecule has 4 heteroatoms. The molecule has 0 rings (SSSR count). The van der Waals surface area contributed by atoms with Crippen molar-refractivity contribution in [3.63, 3.8) is 0 Å². The van der Waals surface area contributed by atoms with Crippen LogP contribution in [0.5, 0.6) is 0 Å². The topological polar surface area (TPSA) is 66.4 Å². The summed E-state index contributed by atoms with van der Waals surface area (Å²) < 4.78 is 0. The molecule has 0 aromatic heterocycles. The Kier molecular flexibility index (Phi) is 4.12. The Labute approximate surface area is 52.2 Å². The molecule has 0 unspecified atom stereocenters. The molecule has 0 fully saturated rings. The van der Waals surface area contributed by atoms with Gasteiger partial charge in [-0.25, -0.2) is 0 Å². The number of nitrogens with one attached hydrogen (secondary N) is 1. The highest BCUT2D eigenvalue weighted by molar-refractivity contribution is 5.68. The van der Waals surface area contributed by atoms with Crippen molar-refractivity contribution in [1.29, 1.82) is 0 Å². The molecule has 0 heterocycles. The molecule has 0 bridgehead atoms. The van der Waals surface area contributed by atoms with Gasteiger partial charge in [-0.3, -0.25) is 9.59 Å². The average Bonchev–Trinajstić information content (AvgIpc) is 1.80. The third kappa shape index (κ3) is 6.68. The normalized spacial score (nSPS) is 9.33. The number of aliphatic carboxylic acids is 1. The molecule has 2 N–H and O–H groups in total. The molecule has 0 radical (unpaired) electrons. The van der Waals surface area contributed by atoms with Crippen LogP contribution in [0.3, 0.4) is 0 Å². The fourth-order valence-electron chi connectivity index (χ4n) is 0.267. The van der Waals surface area contributed by atoms with Crippen LogP contribution in [0.2, 0.25) is 0 Å². The molecule has 0 aliphatic heterocycles. The van der Waals surface area contributed by atoms with Crippen LogP contribution in [-0.2, 0) is 9.59 Å². The van der Waals surface area contributed by atoms with Gasteiger partial charge in [-0.05, 0) is 0 Å². The number of hydrogen-bond donors (Lipinski definition) is 2. The Hall–Kier alpha value is -1.32. The van der Waals surface area contributed by atoms with E-state index in [1.807, 2.05) is 0 Å². The molecule has 0 saturated carbocycles. The SMILES string of the molecule is O=CN/C=C\CC(=O)O. The first-order valence-electron chi connectivity index (χ1n) is 2.34. The lowest BCUT2D eigenvalue weighted by atomic mass is 10.4. The minimum atomic E-state index is -0.918. The van der Waals surface area contributed by atoms with Crippen LogP contribution in [0.1, 0.15) is 6.42 Å². The van der Waals surface area contributed by atoms with Gasteiger partial charge >= 0.3 is 5.97 Å². The highest BCUT2D eigenvalue weighted by Gasteiger charge is 1.86. The highest BCUT2D eigenvalue weighted by Crippen LogP contribution is 1.78. The zero-order chi connectivity index (χ0) is 7.11. The smallest absolute Gasteiger partial charge is 0.307 e. The summed E-state index contributed by atoms with van der Waals surface area (Å²) in [6.45, 7) is 0.